The number of benzene rings is 2. The number of hydrogen-bond acceptors (Lipinski definition) is 7. The van der Waals surface area contributed by atoms with E-state index in [1.54, 1.807) is 23.5 Å². The van der Waals surface area contributed by atoms with Crippen molar-refractivity contribution in [1.82, 2.24) is 20.1 Å². The molecule has 4 rings (SSSR count). The summed E-state index contributed by atoms with van der Waals surface area (Å²) in [5, 5.41) is 22.7. The van der Waals surface area contributed by atoms with E-state index in [1.165, 1.54) is 4.90 Å². The number of nitrogens with zero attached hydrogens (tertiary/aromatic N) is 3. The molecule has 3 aromatic rings. The van der Waals surface area contributed by atoms with Gasteiger partial charge in [0, 0.05) is 25.3 Å². The third-order valence-electron chi connectivity index (χ3n) is 7.25. The Bertz CT molecular complexity index is 1340. The van der Waals surface area contributed by atoms with Crippen LogP contribution in [0.5, 0.6) is 0 Å². The first kappa shape index (κ1) is 29.4. The molecule has 3 amide bonds. The van der Waals surface area contributed by atoms with Crippen LogP contribution in [0.15, 0.2) is 54.0 Å². The zero-order valence-electron chi connectivity index (χ0n) is 23.0. The Morgan fingerprint density at radius 3 is 2.45 bits per heavy atom. The Hall–Kier alpha value is -3.60. The molecule has 2 aromatic carbocycles. The van der Waals surface area contributed by atoms with E-state index < -0.39 is 30.6 Å². The number of amides is 3. The molecule has 1 aromatic heterocycles. The third kappa shape index (κ3) is 6.24. The molecule has 10 heteroatoms. The zero-order valence-corrected chi connectivity index (χ0v) is 23.9. The molecule has 0 radical (unpaired) electrons. The molecule has 1 aliphatic rings. The summed E-state index contributed by atoms with van der Waals surface area (Å²) in [7, 11) is 0. The number of carbonyl (C=O) groups excluding carboxylic acids is 3. The molecule has 212 valence electrons. The van der Waals surface area contributed by atoms with Crippen LogP contribution >= 0.6 is 11.3 Å². The fraction of sp³-hybridized carbons (Fsp3) is 0.400. The molecule has 0 bridgehead atoms. The first-order valence-corrected chi connectivity index (χ1v) is 14.3. The Labute approximate surface area is 238 Å². The molecule has 0 spiro atoms. The number of aryl methyl sites for hydroxylation is 1. The number of carbonyl (C=O) groups is 3. The molecular weight excluding hydrogens is 528 g/mol. The number of thiazole rings is 1. The molecule has 0 saturated carbocycles. The summed E-state index contributed by atoms with van der Waals surface area (Å²) < 4.78 is 0. The van der Waals surface area contributed by atoms with Gasteiger partial charge in [-0.3, -0.25) is 14.4 Å². The van der Waals surface area contributed by atoms with E-state index in [0.717, 1.165) is 32.2 Å². The standard InChI is InChI=1S/C30H36N4O5S/c1-19(2)26(33-16-23-7-4-5-8-24(23)29(33)38)30(39)34(18-36)25(9-6-14-35)28(37)31-15-21-10-12-22(13-11-21)27-20(3)32-17-40-27/h4-5,7-8,10-13,17,19,25-26,35-36H,6,9,14-16,18H2,1-3H3,(H,31,37)/t25-,26-/m0/s1. The average molecular weight is 565 g/mol. The van der Waals surface area contributed by atoms with Crippen molar-refractivity contribution < 1.29 is 24.6 Å². The SMILES string of the molecule is Cc1ncsc1-c1ccc(CNC(=O)[C@H](CCCO)N(CO)C(=O)[C@H](C(C)C)N2Cc3ccccc3C2=O)cc1. The molecule has 0 aliphatic carbocycles. The summed E-state index contributed by atoms with van der Waals surface area (Å²) in [6.07, 6.45) is 0.433. The van der Waals surface area contributed by atoms with E-state index >= 15 is 0 Å². The van der Waals surface area contributed by atoms with Gasteiger partial charge in [-0.2, -0.15) is 0 Å². The van der Waals surface area contributed by atoms with Crippen LogP contribution in [0.25, 0.3) is 10.4 Å². The number of hydrogen-bond donors (Lipinski definition) is 3. The van der Waals surface area contributed by atoms with Gasteiger partial charge < -0.3 is 25.3 Å². The fourth-order valence-corrected chi connectivity index (χ4v) is 5.96. The summed E-state index contributed by atoms with van der Waals surface area (Å²) in [5.41, 5.74) is 6.09. The van der Waals surface area contributed by atoms with Gasteiger partial charge in [-0.25, -0.2) is 4.98 Å². The van der Waals surface area contributed by atoms with Crippen molar-refractivity contribution in [2.45, 2.75) is 58.8 Å². The van der Waals surface area contributed by atoms with E-state index in [-0.39, 0.29) is 44.4 Å². The minimum absolute atomic E-state index is 0.163. The van der Waals surface area contributed by atoms with Crippen LogP contribution in [0.1, 0.15) is 53.9 Å². The molecule has 9 nitrogen and oxygen atoms in total. The lowest BCUT2D eigenvalue weighted by atomic mass is 9.99. The topological polar surface area (TPSA) is 123 Å². The van der Waals surface area contributed by atoms with Crippen LogP contribution < -0.4 is 5.32 Å². The minimum Gasteiger partial charge on any atom is -0.396 e. The van der Waals surface area contributed by atoms with Crippen molar-refractivity contribution in [3.8, 4) is 10.4 Å². The molecule has 0 unspecified atom stereocenters. The van der Waals surface area contributed by atoms with Gasteiger partial charge in [0.05, 0.1) is 16.1 Å². The Balaban J connectivity index is 1.49. The molecule has 40 heavy (non-hydrogen) atoms. The van der Waals surface area contributed by atoms with Crippen molar-refractivity contribution in [3.63, 3.8) is 0 Å². The largest absolute Gasteiger partial charge is 0.396 e. The van der Waals surface area contributed by atoms with Gasteiger partial charge in [0.25, 0.3) is 5.91 Å². The third-order valence-corrected chi connectivity index (χ3v) is 8.23. The van der Waals surface area contributed by atoms with Crippen LogP contribution in [-0.2, 0) is 22.7 Å². The number of aliphatic hydroxyl groups is 2. The summed E-state index contributed by atoms with van der Waals surface area (Å²) >= 11 is 1.57. The first-order chi connectivity index (χ1) is 19.3. The van der Waals surface area contributed by atoms with E-state index in [9.17, 15) is 24.6 Å². The van der Waals surface area contributed by atoms with Crippen LogP contribution in [0, 0.1) is 12.8 Å². The zero-order chi connectivity index (χ0) is 28.8. The van der Waals surface area contributed by atoms with Gasteiger partial charge >= 0.3 is 0 Å². The lowest BCUT2D eigenvalue weighted by molar-refractivity contribution is -0.150. The maximum atomic E-state index is 13.9. The summed E-state index contributed by atoms with van der Waals surface area (Å²) in [6.45, 7) is 5.31. The van der Waals surface area contributed by atoms with E-state index in [1.807, 2.05) is 62.7 Å². The van der Waals surface area contributed by atoms with Gasteiger partial charge in [-0.1, -0.05) is 56.3 Å². The van der Waals surface area contributed by atoms with Crippen molar-refractivity contribution in [1.29, 1.82) is 0 Å². The maximum Gasteiger partial charge on any atom is 0.255 e. The number of aromatic nitrogens is 1. The molecule has 2 atom stereocenters. The van der Waals surface area contributed by atoms with Crippen molar-refractivity contribution in [2.75, 3.05) is 13.3 Å². The lowest BCUT2D eigenvalue weighted by Gasteiger charge is -2.37. The van der Waals surface area contributed by atoms with Crippen molar-refractivity contribution >= 4 is 29.1 Å². The quantitative estimate of drug-likeness (QED) is 0.290. The smallest absolute Gasteiger partial charge is 0.255 e. The molecule has 2 heterocycles. The summed E-state index contributed by atoms with van der Waals surface area (Å²) in [6, 6.07) is 13.2. The van der Waals surface area contributed by atoms with Crippen LogP contribution in [0.2, 0.25) is 0 Å². The molecule has 1 aliphatic heterocycles. The van der Waals surface area contributed by atoms with Crippen LogP contribution in [0.4, 0.5) is 0 Å². The highest BCUT2D eigenvalue weighted by atomic mass is 32.1. The number of fused-ring (bicyclic) bond motifs is 1. The van der Waals surface area contributed by atoms with Gasteiger partial charge in [-0.15, -0.1) is 11.3 Å². The Morgan fingerprint density at radius 2 is 1.85 bits per heavy atom. The van der Waals surface area contributed by atoms with Gasteiger partial charge in [0.2, 0.25) is 11.8 Å². The Kier molecular flexibility index (Phi) is 9.67. The number of nitrogens with one attached hydrogen (secondary N) is 1. The second kappa shape index (κ2) is 13.2. The maximum absolute atomic E-state index is 13.9. The number of rotatable bonds is 12. The normalized spacial score (nSPS) is 14.2. The minimum atomic E-state index is -1.01. The molecular formula is C30H36N4O5S. The first-order valence-electron chi connectivity index (χ1n) is 13.4. The van der Waals surface area contributed by atoms with E-state index in [0.29, 0.717) is 5.56 Å². The highest BCUT2D eigenvalue weighted by Gasteiger charge is 2.42. The summed E-state index contributed by atoms with van der Waals surface area (Å²) in [5.74, 6) is -1.44. The molecule has 3 N–H and O–H groups in total. The predicted molar refractivity (Wildman–Crippen MR) is 153 cm³/mol. The molecule has 0 saturated heterocycles. The monoisotopic (exact) mass is 564 g/mol. The second-order valence-electron chi connectivity index (χ2n) is 10.3. The predicted octanol–water partition coefficient (Wildman–Crippen LogP) is 3.33. The molecule has 0 fully saturated rings. The van der Waals surface area contributed by atoms with Crippen LogP contribution in [0.3, 0.4) is 0 Å². The van der Waals surface area contributed by atoms with Gasteiger partial charge in [0.1, 0.15) is 18.8 Å². The highest BCUT2D eigenvalue weighted by Crippen LogP contribution is 2.29. The van der Waals surface area contributed by atoms with Gasteiger partial charge in [-0.05, 0) is 48.4 Å². The lowest BCUT2D eigenvalue weighted by Crippen LogP contribution is -2.57. The number of aliphatic hydroxyl groups excluding tert-OH is 2. The van der Waals surface area contributed by atoms with Gasteiger partial charge in [0.15, 0.2) is 0 Å². The Morgan fingerprint density at radius 1 is 1.12 bits per heavy atom. The van der Waals surface area contributed by atoms with E-state index in [2.05, 4.69) is 10.3 Å². The van der Waals surface area contributed by atoms with Crippen molar-refractivity contribution in [2.24, 2.45) is 5.92 Å². The highest BCUT2D eigenvalue weighted by molar-refractivity contribution is 7.13. The average Bonchev–Trinajstić information content (AvgIpc) is 3.52. The summed E-state index contributed by atoms with van der Waals surface area (Å²) in [4.78, 5) is 48.5. The van der Waals surface area contributed by atoms with Crippen molar-refractivity contribution in [3.05, 3.63) is 76.4 Å². The fourth-order valence-electron chi connectivity index (χ4n) is 5.14. The second-order valence-corrected chi connectivity index (χ2v) is 11.1. The van der Waals surface area contributed by atoms with E-state index in [4.69, 9.17) is 0 Å². The van der Waals surface area contributed by atoms with Crippen LogP contribution in [-0.4, -0.2) is 68.1 Å².